The van der Waals surface area contributed by atoms with E-state index in [0.29, 0.717) is 18.3 Å². The molecule has 0 saturated carbocycles. The predicted octanol–water partition coefficient (Wildman–Crippen LogP) is 0.958. The van der Waals surface area contributed by atoms with Gasteiger partial charge in [-0.05, 0) is 18.8 Å². The van der Waals surface area contributed by atoms with Crippen LogP contribution in [0.15, 0.2) is 0 Å². The minimum atomic E-state index is -2.93. The highest BCUT2D eigenvalue weighted by Gasteiger charge is 2.37. The molecule has 0 amide bonds. The Bertz CT molecular complexity index is 312. The first-order valence-electron chi connectivity index (χ1n) is 5.66. The first-order chi connectivity index (χ1) is 7.09. The molecule has 0 aromatic carbocycles. The Balaban J connectivity index is 0.00000128. The van der Waals surface area contributed by atoms with E-state index in [-0.39, 0.29) is 23.9 Å². The highest BCUT2D eigenvalue weighted by molar-refractivity contribution is 7.92. The summed E-state index contributed by atoms with van der Waals surface area (Å²) in [5.41, 5.74) is 0. The summed E-state index contributed by atoms with van der Waals surface area (Å²) in [7, 11) is -2.93. The molecule has 2 heterocycles. The van der Waals surface area contributed by atoms with Crippen LogP contribution in [0.1, 0.15) is 26.2 Å². The summed E-state index contributed by atoms with van der Waals surface area (Å²) in [6.07, 6.45) is 2.28. The van der Waals surface area contributed by atoms with E-state index in [1.165, 1.54) is 0 Å². The monoisotopic (exact) mass is 269 g/mol. The van der Waals surface area contributed by atoms with Gasteiger partial charge in [0.25, 0.3) is 0 Å². The molecule has 1 N–H and O–H groups in total. The molecule has 0 aromatic rings. The van der Waals surface area contributed by atoms with E-state index in [1.807, 2.05) is 0 Å². The van der Waals surface area contributed by atoms with Crippen molar-refractivity contribution >= 4 is 22.2 Å². The molecule has 2 saturated heterocycles. The molecule has 0 radical (unpaired) electrons. The fraction of sp³-hybridized carbons (Fsp3) is 1.00. The minimum Gasteiger partial charge on any atom is -0.362 e. The summed E-state index contributed by atoms with van der Waals surface area (Å²) in [5.74, 6) is 0.807. The van der Waals surface area contributed by atoms with Gasteiger partial charge in [0.2, 0.25) is 0 Å². The Labute approximate surface area is 103 Å². The first kappa shape index (κ1) is 14.2. The van der Waals surface area contributed by atoms with Crippen molar-refractivity contribution < 1.29 is 13.2 Å². The molecule has 16 heavy (non-hydrogen) atoms. The standard InChI is InChI=1S/C10H19NO3S.ClH/c1-8-6-11-10(14-7-8)9-4-2-3-5-15(9,12)13;/h8-11H,2-7H2,1H3;1H. The Morgan fingerprint density at radius 2 is 2.06 bits per heavy atom. The van der Waals surface area contributed by atoms with Crippen LogP contribution in [0.4, 0.5) is 0 Å². The summed E-state index contributed by atoms with van der Waals surface area (Å²) in [6.45, 7) is 3.62. The average Bonchev–Trinajstić information content (AvgIpc) is 2.19. The van der Waals surface area contributed by atoms with Crippen LogP contribution < -0.4 is 5.32 Å². The molecule has 0 aliphatic carbocycles. The van der Waals surface area contributed by atoms with Gasteiger partial charge in [-0.15, -0.1) is 12.4 Å². The molecule has 4 nitrogen and oxygen atoms in total. The van der Waals surface area contributed by atoms with Gasteiger partial charge in [0.1, 0.15) is 11.5 Å². The number of ether oxygens (including phenoxy) is 1. The molecule has 2 rings (SSSR count). The van der Waals surface area contributed by atoms with Crippen LogP contribution in [0.5, 0.6) is 0 Å². The minimum absolute atomic E-state index is 0. The second-order valence-corrected chi connectivity index (χ2v) is 7.01. The molecule has 96 valence electrons. The fourth-order valence-electron chi connectivity index (χ4n) is 2.26. The third kappa shape index (κ3) is 3.09. The quantitative estimate of drug-likeness (QED) is 0.770. The van der Waals surface area contributed by atoms with Crippen LogP contribution in [0.3, 0.4) is 0 Å². The number of rotatable bonds is 1. The molecule has 2 fully saturated rings. The van der Waals surface area contributed by atoms with Crippen LogP contribution in [-0.2, 0) is 14.6 Å². The van der Waals surface area contributed by atoms with Gasteiger partial charge in [0, 0.05) is 6.54 Å². The molecule has 0 spiro atoms. The second-order valence-electron chi connectivity index (χ2n) is 4.67. The van der Waals surface area contributed by atoms with Gasteiger partial charge < -0.3 is 4.74 Å². The summed E-state index contributed by atoms with van der Waals surface area (Å²) < 4.78 is 29.3. The number of sulfone groups is 1. The highest BCUT2D eigenvalue weighted by atomic mass is 35.5. The summed E-state index contributed by atoms with van der Waals surface area (Å²) in [6, 6.07) is 0. The van der Waals surface area contributed by atoms with Crippen molar-refractivity contribution in [3.05, 3.63) is 0 Å². The SMILES string of the molecule is CC1CNC(C2CCCCS2(=O)=O)OC1.Cl. The lowest BCUT2D eigenvalue weighted by Gasteiger charge is -2.35. The van der Waals surface area contributed by atoms with Crippen molar-refractivity contribution in [3.8, 4) is 0 Å². The third-order valence-electron chi connectivity index (χ3n) is 3.19. The number of halogens is 1. The van der Waals surface area contributed by atoms with E-state index in [2.05, 4.69) is 12.2 Å². The van der Waals surface area contributed by atoms with E-state index in [1.54, 1.807) is 0 Å². The van der Waals surface area contributed by atoms with Crippen molar-refractivity contribution in [3.63, 3.8) is 0 Å². The van der Waals surface area contributed by atoms with Gasteiger partial charge in [-0.1, -0.05) is 13.3 Å². The maximum atomic E-state index is 11.8. The summed E-state index contributed by atoms with van der Waals surface area (Å²) in [5, 5.41) is 2.87. The van der Waals surface area contributed by atoms with Crippen molar-refractivity contribution in [1.29, 1.82) is 0 Å². The number of hydrogen-bond acceptors (Lipinski definition) is 4. The zero-order valence-electron chi connectivity index (χ0n) is 9.52. The molecule has 6 heteroatoms. The van der Waals surface area contributed by atoms with E-state index in [9.17, 15) is 8.42 Å². The Kier molecular flexibility index (Phi) is 5.04. The molecule has 2 aliphatic rings. The Morgan fingerprint density at radius 1 is 1.31 bits per heavy atom. The zero-order chi connectivity index (χ0) is 10.9. The first-order valence-corrected chi connectivity index (χ1v) is 7.38. The maximum absolute atomic E-state index is 11.8. The molecule has 0 aromatic heterocycles. The highest BCUT2D eigenvalue weighted by Crippen LogP contribution is 2.24. The van der Waals surface area contributed by atoms with Gasteiger partial charge in [-0.2, -0.15) is 0 Å². The van der Waals surface area contributed by atoms with Crippen LogP contribution in [0.2, 0.25) is 0 Å². The third-order valence-corrected chi connectivity index (χ3v) is 5.46. The number of hydrogen-bond donors (Lipinski definition) is 1. The smallest absolute Gasteiger partial charge is 0.157 e. The lowest BCUT2D eigenvalue weighted by molar-refractivity contribution is -0.0271. The van der Waals surface area contributed by atoms with E-state index >= 15 is 0 Å². The fourth-order valence-corrected chi connectivity index (χ4v) is 4.25. The van der Waals surface area contributed by atoms with Crippen LogP contribution in [-0.4, -0.2) is 38.8 Å². The lowest BCUT2D eigenvalue weighted by atomic mass is 10.1. The molecule has 0 bridgehead atoms. The van der Waals surface area contributed by atoms with Crippen molar-refractivity contribution in [2.75, 3.05) is 18.9 Å². The Hall–Kier alpha value is 0.160. The largest absolute Gasteiger partial charge is 0.362 e. The average molecular weight is 270 g/mol. The number of nitrogens with one attached hydrogen (secondary N) is 1. The normalized spacial score (nSPS) is 38.7. The van der Waals surface area contributed by atoms with Crippen molar-refractivity contribution in [2.45, 2.75) is 37.7 Å². The predicted molar refractivity (Wildman–Crippen MR) is 65.6 cm³/mol. The van der Waals surface area contributed by atoms with Crippen LogP contribution in [0, 0.1) is 5.92 Å². The molecular weight excluding hydrogens is 250 g/mol. The zero-order valence-corrected chi connectivity index (χ0v) is 11.1. The Morgan fingerprint density at radius 3 is 2.62 bits per heavy atom. The van der Waals surface area contributed by atoms with Crippen molar-refractivity contribution in [1.82, 2.24) is 5.32 Å². The van der Waals surface area contributed by atoms with E-state index in [0.717, 1.165) is 25.8 Å². The van der Waals surface area contributed by atoms with Gasteiger partial charge in [0.15, 0.2) is 9.84 Å². The van der Waals surface area contributed by atoms with Gasteiger partial charge in [0.05, 0.1) is 12.4 Å². The van der Waals surface area contributed by atoms with E-state index < -0.39 is 9.84 Å². The topological polar surface area (TPSA) is 55.4 Å². The van der Waals surface area contributed by atoms with Crippen molar-refractivity contribution in [2.24, 2.45) is 5.92 Å². The molecular formula is C10H20ClNO3S. The van der Waals surface area contributed by atoms with E-state index in [4.69, 9.17) is 4.74 Å². The lowest BCUT2D eigenvalue weighted by Crippen LogP contribution is -2.53. The molecule has 3 unspecified atom stereocenters. The van der Waals surface area contributed by atoms with Gasteiger partial charge >= 0.3 is 0 Å². The van der Waals surface area contributed by atoms with Gasteiger partial charge in [-0.3, -0.25) is 5.32 Å². The molecule has 2 aliphatic heterocycles. The molecule has 3 atom stereocenters. The van der Waals surface area contributed by atoms with Gasteiger partial charge in [-0.25, -0.2) is 8.42 Å². The second kappa shape index (κ2) is 5.67. The summed E-state index contributed by atoms with van der Waals surface area (Å²) in [4.78, 5) is 0. The maximum Gasteiger partial charge on any atom is 0.157 e. The summed E-state index contributed by atoms with van der Waals surface area (Å²) >= 11 is 0. The van der Waals surface area contributed by atoms with Crippen LogP contribution in [0.25, 0.3) is 0 Å². The van der Waals surface area contributed by atoms with Crippen LogP contribution >= 0.6 is 12.4 Å².